The number of carbonyl (C=O) groups is 1. The van der Waals surface area contributed by atoms with Crippen molar-refractivity contribution in [1.82, 2.24) is 0 Å². The molecule has 1 fully saturated rings. The molecule has 7 heteroatoms. The van der Waals surface area contributed by atoms with Gasteiger partial charge >= 0.3 is 5.97 Å². The maximum Gasteiger partial charge on any atom is 0.328 e. The van der Waals surface area contributed by atoms with Crippen molar-refractivity contribution in [2.24, 2.45) is 5.41 Å². The molecule has 0 heterocycles. The average Bonchev–Trinajstić information content (AvgIpc) is 3.34. The third kappa shape index (κ3) is 3.17. The van der Waals surface area contributed by atoms with Crippen LogP contribution in [-0.4, -0.2) is 26.2 Å². The van der Waals surface area contributed by atoms with Gasteiger partial charge in [-0.3, -0.25) is 4.79 Å². The predicted octanol–water partition coefficient (Wildman–Crippen LogP) is 3.77. The number of ether oxygens (including phenoxy) is 1. The molecule has 0 saturated heterocycles. The van der Waals surface area contributed by atoms with Crippen molar-refractivity contribution < 1.29 is 17.9 Å². The fourth-order valence-electron chi connectivity index (χ4n) is 3.43. The Morgan fingerprint density at radius 1 is 1.19 bits per heavy atom. The van der Waals surface area contributed by atoms with E-state index in [0.717, 1.165) is 10.0 Å². The number of aryl methyl sites for hydroxylation is 1. The molecule has 0 spiro atoms. The van der Waals surface area contributed by atoms with E-state index in [4.69, 9.17) is 4.74 Å². The van der Waals surface area contributed by atoms with E-state index in [9.17, 15) is 18.5 Å². The predicted molar refractivity (Wildman–Crippen MR) is 104 cm³/mol. The topological polar surface area (TPSA) is 84.2 Å². The number of hydrogen-bond acceptors (Lipinski definition) is 5. The monoisotopic (exact) mass is 447 g/mol. The Morgan fingerprint density at radius 2 is 1.78 bits per heavy atom. The van der Waals surface area contributed by atoms with Gasteiger partial charge in [0.05, 0.1) is 17.6 Å². The van der Waals surface area contributed by atoms with Crippen LogP contribution in [0.2, 0.25) is 0 Å². The second-order valence-electron chi connectivity index (χ2n) is 6.51. The van der Waals surface area contributed by atoms with Gasteiger partial charge in [-0.2, -0.15) is 5.26 Å². The minimum absolute atomic E-state index is 0.0760. The number of rotatable bonds is 5. The quantitative estimate of drug-likeness (QED) is 0.651. The lowest BCUT2D eigenvalue weighted by atomic mass is 10.0. The van der Waals surface area contributed by atoms with Gasteiger partial charge in [0.1, 0.15) is 5.25 Å². The van der Waals surface area contributed by atoms with Gasteiger partial charge in [-0.1, -0.05) is 45.8 Å². The van der Waals surface area contributed by atoms with Crippen LogP contribution < -0.4 is 0 Å². The van der Waals surface area contributed by atoms with Gasteiger partial charge in [0.2, 0.25) is 0 Å². The number of esters is 1. The highest BCUT2D eigenvalue weighted by molar-refractivity contribution is 9.10. The normalized spacial score (nSPS) is 24.1. The average molecular weight is 448 g/mol. The number of hydrogen-bond donors (Lipinski definition) is 0. The lowest BCUT2D eigenvalue weighted by molar-refractivity contribution is -0.147. The summed E-state index contributed by atoms with van der Waals surface area (Å²) in [5.41, 5.74) is -0.201. The first kappa shape index (κ1) is 19.6. The van der Waals surface area contributed by atoms with E-state index < -0.39 is 32.4 Å². The third-order valence-electron chi connectivity index (χ3n) is 4.84. The van der Waals surface area contributed by atoms with Crippen LogP contribution in [-0.2, 0) is 19.4 Å². The molecule has 0 amide bonds. The zero-order valence-electron chi connectivity index (χ0n) is 14.8. The second-order valence-corrected chi connectivity index (χ2v) is 9.49. The van der Waals surface area contributed by atoms with Gasteiger partial charge in [0.15, 0.2) is 15.3 Å². The number of carbonyl (C=O) groups excluding carboxylic acids is 1. The fraction of sp³-hybridized carbons (Fsp3) is 0.300. The van der Waals surface area contributed by atoms with E-state index in [1.54, 1.807) is 43.3 Å². The van der Waals surface area contributed by atoms with Gasteiger partial charge in [-0.15, -0.1) is 0 Å². The van der Waals surface area contributed by atoms with Crippen LogP contribution in [0.3, 0.4) is 0 Å². The van der Waals surface area contributed by atoms with Crippen molar-refractivity contribution in [1.29, 1.82) is 5.26 Å². The third-order valence-corrected chi connectivity index (χ3v) is 7.61. The molecule has 0 aromatic heterocycles. The molecule has 0 bridgehead atoms. The Kier molecular flexibility index (Phi) is 5.15. The summed E-state index contributed by atoms with van der Waals surface area (Å²) < 4.78 is 32.4. The van der Waals surface area contributed by atoms with E-state index in [-0.39, 0.29) is 11.5 Å². The number of sulfone groups is 1. The molecule has 3 atom stereocenters. The van der Waals surface area contributed by atoms with Gasteiger partial charge in [-0.05, 0) is 43.7 Å². The molecule has 27 heavy (non-hydrogen) atoms. The maximum atomic E-state index is 13.3. The molecule has 1 saturated carbocycles. The molecule has 0 aliphatic heterocycles. The van der Waals surface area contributed by atoms with Crippen molar-refractivity contribution in [2.75, 3.05) is 6.61 Å². The first-order valence-corrected chi connectivity index (χ1v) is 10.8. The summed E-state index contributed by atoms with van der Waals surface area (Å²) >= 11 is 3.34. The molecule has 1 aliphatic carbocycles. The van der Waals surface area contributed by atoms with E-state index in [1.165, 1.54) is 12.1 Å². The Labute approximate surface area is 167 Å². The highest BCUT2D eigenvalue weighted by atomic mass is 79.9. The van der Waals surface area contributed by atoms with Crippen LogP contribution in [0.5, 0.6) is 0 Å². The molecule has 2 aromatic rings. The standard InChI is InChI=1S/C20H18BrNO4S/c1-3-26-19(23)20(12-22)17(14-6-8-15(21)9-7-14)18(20)27(24,25)16-10-4-13(2)5-11-16/h4-11,17-18H,3H2,1-2H3/t17-,18-,20+/m0/s1. The molecule has 0 unspecified atom stereocenters. The van der Waals surface area contributed by atoms with Crippen molar-refractivity contribution in [3.05, 3.63) is 64.1 Å². The lowest BCUT2D eigenvalue weighted by Gasteiger charge is -2.09. The first-order valence-electron chi connectivity index (χ1n) is 8.43. The van der Waals surface area contributed by atoms with Crippen LogP contribution in [0.1, 0.15) is 24.0 Å². The first-order chi connectivity index (χ1) is 12.8. The fourth-order valence-corrected chi connectivity index (χ4v) is 5.94. The Hall–Kier alpha value is -2.17. The Morgan fingerprint density at radius 3 is 2.30 bits per heavy atom. The van der Waals surface area contributed by atoms with Crippen LogP contribution in [0.15, 0.2) is 57.9 Å². The van der Waals surface area contributed by atoms with E-state index in [1.807, 2.05) is 13.0 Å². The summed E-state index contributed by atoms with van der Waals surface area (Å²) in [6, 6.07) is 15.4. The molecule has 2 aromatic carbocycles. The number of benzene rings is 2. The molecular weight excluding hydrogens is 430 g/mol. The van der Waals surface area contributed by atoms with Crippen molar-refractivity contribution >= 4 is 31.7 Å². The summed E-state index contributed by atoms with van der Waals surface area (Å²) in [4.78, 5) is 12.7. The highest BCUT2D eigenvalue weighted by Crippen LogP contribution is 2.64. The largest absolute Gasteiger partial charge is 0.465 e. The molecule has 0 N–H and O–H groups in total. The lowest BCUT2D eigenvalue weighted by Crippen LogP contribution is -2.25. The van der Waals surface area contributed by atoms with Crippen LogP contribution in [0.4, 0.5) is 0 Å². The minimum atomic E-state index is -3.91. The number of nitriles is 1. The smallest absolute Gasteiger partial charge is 0.328 e. The van der Waals surface area contributed by atoms with Crippen molar-refractivity contribution in [3.8, 4) is 6.07 Å². The molecular formula is C20H18BrNO4S. The second kappa shape index (κ2) is 7.10. The van der Waals surface area contributed by atoms with E-state index in [2.05, 4.69) is 15.9 Å². The molecule has 3 rings (SSSR count). The van der Waals surface area contributed by atoms with Gasteiger partial charge in [0.25, 0.3) is 0 Å². The Bertz CT molecular complexity index is 1010. The molecule has 0 radical (unpaired) electrons. The summed E-state index contributed by atoms with van der Waals surface area (Å²) in [6.07, 6.45) is 0. The summed E-state index contributed by atoms with van der Waals surface area (Å²) in [5.74, 6) is -1.57. The summed E-state index contributed by atoms with van der Waals surface area (Å²) in [7, 11) is -3.91. The van der Waals surface area contributed by atoms with Crippen molar-refractivity contribution in [2.45, 2.75) is 29.9 Å². The van der Waals surface area contributed by atoms with Crippen LogP contribution in [0, 0.1) is 23.7 Å². The SMILES string of the molecule is CCOC(=O)[C@]1(C#N)[C@@H](c2ccc(Br)cc2)[C@@H]1S(=O)(=O)c1ccc(C)cc1. The van der Waals surface area contributed by atoms with Crippen LogP contribution in [0.25, 0.3) is 0 Å². The van der Waals surface area contributed by atoms with Gasteiger partial charge < -0.3 is 4.74 Å². The van der Waals surface area contributed by atoms with E-state index >= 15 is 0 Å². The number of halogens is 1. The zero-order valence-corrected chi connectivity index (χ0v) is 17.2. The minimum Gasteiger partial charge on any atom is -0.465 e. The summed E-state index contributed by atoms with van der Waals surface area (Å²) in [6.45, 7) is 3.56. The summed E-state index contributed by atoms with van der Waals surface area (Å²) in [5, 5.41) is 8.66. The van der Waals surface area contributed by atoms with Crippen LogP contribution >= 0.6 is 15.9 Å². The van der Waals surface area contributed by atoms with Gasteiger partial charge in [0, 0.05) is 10.4 Å². The molecule has 5 nitrogen and oxygen atoms in total. The highest BCUT2D eigenvalue weighted by Gasteiger charge is 2.77. The molecule has 140 valence electrons. The number of nitrogens with zero attached hydrogens (tertiary/aromatic N) is 1. The zero-order chi connectivity index (χ0) is 19.8. The van der Waals surface area contributed by atoms with Gasteiger partial charge in [-0.25, -0.2) is 8.42 Å². The molecule has 1 aliphatic rings. The van der Waals surface area contributed by atoms with Crippen molar-refractivity contribution in [3.63, 3.8) is 0 Å². The maximum absolute atomic E-state index is 13.3. The Balaban J connectivity index is 2.12. The van der Waals surface area contributed by atoms with E-state index in [0.29, 0.717) is 5.56 Å².